The van der Waals surface area contributed by atoms with Gasteiger partial charge in [-0.3, -0.25) is 4.79 Å². The Kier molecular flexibility index (Phi) is 5.98. The molecule has 1 fully saturated rings. The number of amides is 1. The van der Waals surface area contributed by atoms with Crippen molar-refractivity contribution in [3.63, 3.8) is 0 Å². The molecule has 2 heterocycles. The van der Waals surface area contributed by atoms with Crippen molar-refractivity contribution >= 4 is 23.9 Å². The first-order chi connectivity index (χ1) is 14.6. The lowest BCUT2D eigenvalue weighted by Crippen LogP contribution is -2.57. The summed E-state index contributed by atoms with van der Waals surface area (Å²) in [6, 6.07) is 14.0. The Balaban J connectivity index is 1.53. The number of nitrogens with one attached hydrogen (secondary N) is 1. The average Bonchev–Trinajstić information content (AvgIpc) is 2.75. The first-order valence-corrected chi connectivity index (χ1v) is 11.0. The summed E-state index contributed by atoms with van der Waals surface area (Å²) < 4.78 is 8.25. The van der Waals surface area contributed by atoms with Gasteiger partial charge in [-0.1, -0.05) is 24.1 Å². The van der Waals surface area contributed by atoms with Gasteiger partial charge in [0.1, 0.15) is 11.9 Å². The summed E-state index contributed by atoms with van der Waals surface area (Å²) in [6.07, 6.45) is 5.93. The molecule has 0 saturated carbocycles. The summed E-state index contributed by atoms with van der Waals surface area (Å²) in [4.78, 5) is 14.1. The van der Waals surface area contributed by atoms with Gasteiger partial charge in [-0.15, -0.1) is 0 Å². The Morgan fingerprint density at radius 3 is 2.93 bits per heavy atom. The van der Waals surface area contributed by atoms with Gasteiger partial charge in [-0.05, 0) is 66.5 Å². The summed E-state index contributed by atoms with van der Waals surface area (Å²) in [5.41, 5.74) is 4.86. The maximum absolute atomic E-state index is 12.3. The monoisotopic (exact) mass is 420 g/mol. The van der Waals surface area contributed by atoms with Gasteiger partial charge in [0.15, 0.2) is 0 Å². The Labute approximate surface area is 181 Å². The van der Waals surface area contributed by atoms with Crippen LogP contribution in [0.3, 0.4) is 0 Å². The van der Waals surface area contributed by atoms with Crippen LogP contribution < -0.4 is 10.1 Å². The molecular weight excluding hydrogens is 396 g/mol. The van der Waals surface area contributed by atoms with Gasteiger partial charge in [0.25, 0.3) is 0 Å². The van der Waals surface area contributed by atoms with Crippen LogP contribution >= 0.6 is 11.9 Å². The first-order valence-electron chi connectivity index (χ1n) is 9.84. The summed E-state index contributed by atoms with van der Waals surface area (Å²) >= 11 is 1.55. The van der Waals surface area contributed by atoms with Crippen LogP contribution in [0.2, 0.25) is 0 Å². The van der Waals surface area contributed by atoms with Gasteiger partial charge in [-0.25, -0.2) is 4.31 Å². The Bertz CT molecular complexity index is 1020. The van der Waals surface area contributed by atoms with E-state index in [4.69, 9.17) is 4.74 Å². The number of likely N-dealkylation sites (N-methyl/N-ethyl adjacent to an activating group) is 1. The maximum Gasteiger partial charge on any atom is 0.237 e. The third-order valence-corrected chi connectivity index (χ3v) is 6.14. The lowest BCUT2D eigenvalue weighted by molar-refractivity contribution is -0.139. The molecule has 2 aliphatic heterocycles. The van der Waals surface area contributed by atoms with Crippen molar-refractivity contribution in [2.75, 3.05) is 32.9 Å². The zero-order valence-corrected chi connectivity index (χ0v) is 17.9. The fourth-order valence-corrected chi connectivity index (χ4v) is 3.85. The second kappa shape index (κ2) is 8.82. The molecule has 0 radical (unpaired) electrons. The Hall–Kier alpha value is -2.95. The number of carbonyl (C=O) groups is 1. The summed E-state index contributed by atoms with van der Waals surface area (Å²) in [6.45, 7) is 2.32. The van der Waals surface area contributed by atoms with Crippen LogP contribution in [0.1, 0.15) is 16.7 Å². The lowest BCUT2D eigenvalue weighted by Gasteiger charge is -2.40. The largest absolute Gasteiger partial charge is 0.486 e. The van der Waals surface area contributed by atoms with Crippen LogP contribution in [0.4, 0.5) is 0 Å². The number of hydrogen-bond acceptors (Lipinski definition) is 6. The highest BCUT2D eigenvalue weighted by atomic mass is 32.2. The number of rotatable bonds is 6. The van der Waals surface area contributed by atoms with E-state index in [-0.39, 0.29) is 12.0 Å². The van der Waals surface area contributed by atoms with E-state index in [1.54, 1.807) is 18.0 Å². The highest BCUT2D eigenvalue weighted by molar-refractivity contribution is 7.96. The zero-order valence-electron chi connectivity index (χ0n) is 17.1. The number of benzene rings is 2. The van der Waals surface area contributed by atoms with Gasteiger partial charge in [0.05, 0.1) is 31.3 Å². The predicted octanol–water partition coefficient (Wildman–Crippen LogP) is 3.10. The number of hydrogen-bond donors (Lipinski definition) is 1. The van der Waals surface area contributed by atoms with Crippen molar-refractivity contribution in [2.45, 2.75) is 12.6 Å². The normalized spacial score (nSPS) is 15.2. The number of nitriles is 1. The molecule has 0 atom stereocenters. The minimum Gasteiger partial charge on any atom is -0.486 e. The molecule has 2 aromatic carbocycles. The minimum atomic E-state index is -0.00997. The molecule has 1 saturated heterocycles. The quantitative estimate of drug-likeness (QED) is 0.725. The first kappa shape index (κ1) is 20.3. The molecule has 1 N–H and O–H groups in total. The molecule has 0 spiro atoms. The summed E-state index contributed by atoms with van der Waals surface area (Å²) in [5, 5.41) is 12.5. The number of ether oxygens (including phenoxy) is 1. The van der Waals surface area contributed by atoms with E-state index >= 15 is 0 Å². The summed E-state index contributed by atoms with van der Waals surface area (Å²) in [5.74, 6) is 0.959. The van der Waals surface area contributed by atoms with Crippen molar-refractivity contribution in [1.29, 1.82) is 5.26 Å². The predicted molar refractivity (Wildman–Crippen MR) is 120 cm³/mol. The topological polar surface area (TPSA) is 68.6 Å². The van der Waals surface area contributed by atoms with Crippen LogP contribution in [0.5, 0.6) is 5.75 Å². The van der Waals surface area contributed by atoms with Crippen molar-refractivity contribution in [3.05, 3.63) is 59.3 Å². The molecule has 2 aliphatic rings. The lowest BCUT2D eigenvalue weighted by atomic mass is 9.95. The van der Waals surface area contributed by atoms with Crippen LogP contribution in [-0.4, -0.2) is 54.2 Å². The van der Waals surface area contributed by atoms with E-state index in [0.29, 0.717) is 31.7 Å². The van der Waals surface area contributed by atoms with Crippen LogP contribution in [0.25, 0.3) is 17.2 Å². The molecule has 0 aliphatic carbocycles. The standard InChI is InChI=1S/C23H24N4O2S/c1-26(30-2)15-23(28)27-13-20(14-27)29-22-10-19(9-18-6-7-25-12-21(18)22)17-5-3-4-16(8-17)11-24/h3-10,20,25H,12-15H2,1-2H3. The number of likely N-dealkylation sites (tertiary alicyclic amines) is 1. The van der Waals surface area contributed by atoms with Crippen LogP contribution in [-0.2, 0) is 11.3 Å². The van der Waals surface area contributed by atoms with Gasteiger partial charge in [0, 0.05) is 12.1 Å². The number of nitrogens with zero attached hydrogens (tertiary/aromatic N) is 3. The molecule has 4 rings (SSSR count). The maximum atomic E-state index is 12.3. The Morgan fingerprint density at radius 2 is 2.17 bits per heavy atom. The van der Waals surface area contributed by atoms with E-state index in [1.165, 1.54) is 0 Å². The zero-order chi connectivity index (χ0) is 21.1. The summed E-state index contributed by atoms with van der Waals surface area (Å²) in [7, 11) is 1.91. The third kappa shape index (κ3) is 4.30. The molecule has 30 heavy (non-hydrogen) atoms. The van der Waals surface area contributed by atoms with Gasteiger partial charge in [-0.2, -0.15) is 5.26 Å². The number of fused-ring (bicyclic) bond motifs is 1. The molecule has 2 aromatic rings. The second-order valence-electron chi connectivity index (χ2n) is 7.46. The SMILES string of the molecule is CSN(C)CC(=O)N1CC(Oc2cc(-c3cccc(C#N)c3)cc3c2CNC=C3)C1. The van der Waals surface area contributed by atoms with Crippen molar-refractivity contribution in [1.82, 2.24) is 14.5 Å². The third-order valence-electron chi connectivity index (χ3n) is 5.39. The molecule has 0 aromatic heterocycles. The van der Waals surface area contributed by atoms with E-state index in [0.717, 1.165) is 28.0 Å². The fourth-order valence-electron chi connectivity index (χ4n) is 3.61. The molecule has 6 nitrogen and oxygen atoms in total. The average molecular weight is 421 g/mol. The fraction of sp³-hybridized carbons (Fsp3) is 0.304. The highest BCUT2D eigenvalue weighted by Crippen LogP contribution is 2.34. The second-order valence-corrected chi connectivity index (χ2v) is 8.44. The van der Waals surface area contributed by atoms with E-state index in [1.807, 2.05) is 59.1 Å². The molecule has 7 heteroatoms. The molecule has 1 amide bonds. The molecule has 0 bridgehead atoms. The molecule has 154 valence electrons. The van der Waals surface area contributed by atoms with Gasteiger partial charge >= 0.3 is 0 Å². The number of carbonyl (C=O) groups excluding carboxylic acids is 1. The van der Waals surface area contributed by atoms with E-state index in [2.05, 4.69) is 17.5 Å². The molecule has 0 unspecified atom stereocenters. The molecular formula is C23H24N4O2S. The van der Waals surface area contributed by atoms with Crippen LogP contribution in [0.15, 0.2) is 42.6 Å². The van der Waals surface area contributed by atoms with Crippen molar-refractivity contribution in [2.24, 2.45) is 0 Å². The van der Waals surface area contributed by atoms with Crippen molar-refractivity contribution in [3.8, 4) is 22.9 Å². The minimum absolute atomic E-state index is 0.00997. The highest BCUT2D eigenvalue weighted by Gasteiger charge is 2.33. The van der Waals surface area contributed by atoms with E-state index < -0.39 is 0 Å². The van der Waals surface area contributed by atoms with Crippen molar-refractivity contribution < 1.29 is 9.53 Å². The Morgan fingerprint density at radius 1 is 1.33 bits per heavy atom. The van der Waals surface area contributed by atoms with Gasteiger partial charge in [0.2, 0.25) is 5.91 Å². The smallest absolute Gasteiger partial charge is 0.237 e. The van der Waals surface area contributed by atoms with Gasteiger partial charge < -0.3 is 15.0 Å². The van der Waals surface area contributed by atoms with E-state index in [9.17, 15) is 10.1 Å². The van der Waals surface area contributed by atoms with Crippen LogP contribution in [0, 0.1) is 11.3 Å².